The van der Waals surface area contributed by atoms with Crippen LogP contribution in [0.1, 0.15) is 13.8 Å². The van der Waals surface area contributed by atoms with E-state index in [9.17, 15) is 0 Å². The third kappa shape index (κ3) is 35.0. The minimum absolute atomic E-state index is 0.468. The lowest BCUT2D eigenvalue weighted by Crippen LogP contribution is -1.71. The van der Waals surface area contributed by atoms with E-state index < -0.39 is 0 Å². The van der Waals surface area contributed by atoms with E-state index in [1.165, 1.54) is 0 Å². The zero-order chi connectivity index (χ0) is 4.28. The average Bonchev–Trinajstić information content (AvgIpc) is 1.38. The molecule has 0 heterocycles. The van der Waals surface area contributed by atoms with Crippen LogP contribution in [0.3, 0.4) is 0 Å². The third-order valence-corrected chi connectivity index (χ3v) is 0. The topological polar surface area (TPSA) is 0 Å². The molecule has 0 aliphatic carbocycles. The molecule has 0 saturated heterocycles. The van der Waals surface area contributed by atoms with Crippen molar-refractivity contribution in [3.63, 3.8) is 0 Å². The molecule has 1 heteroatoms. The Kier molecular flexibility index (Phi) is 1.06. The molecule has 0 fully saturated rings. The van der Waals surface area contributed by atoms with Gasteiger partial charge in [-0.3, -0.25) is 0 Å². The molecule has 0 rings (SSSR count). The third-order valence-electron chi connectivity index (χ3n) is 0. The smallest absolute Gasteiger partial charge is 0.102 e. The van der Waals surface area contributed by atoms with Gasteiger partial charge in [-0.05, 0) is 5.25 Å². The predicted molar refractivity (Wildman–Crippen MR) is 24.1 cm³/mol. The largest absolute Gasteiger partial charge is 0.177 e. The summed E-state index contributed by atoms with van der Waals surface area (Å²) >= 11 is 1.13. The molecule has 0 bridgehead atoms. The Bertz CT molecular complexity index is 20.9. The van der Waals surface area contributed by atoms with Gasteiger partial charge in [0.2, 0.25) is 0 Å². The summed E-state index contributed by atoms with van der Waals surface area (Å²) in [7, 11) is 0. The van der Waals surface area contributed by atoms with E-state index in [1.54, 1.807) is 0 Å². The van der Waals surface area contributed by atoms with Gasteiger partial charge >= 0.3 is 0 Å². The zero-order valence-corrected chi connectivity index (χ0v) is 3.80. The van der Waals surface area contributed by atoms with Gasteiger partial charge in [-0.2, -0.15) is 12.5 Å². The number of hydrogen-bond acceptors (Lipinski definition) is 1. The van der Waals surface area contributed by atoms with Crippen LogP contribution in [0.5, 0.6) is 0 Å². The van der Waals surface area contributed by atoms with E-state index >= 15 is 0 Å². The Hall–Kier alpha value is 0.350. The SMILES string of the molecule is [3H]SC(C)C. The van der Waals surface area contributed by atoms with Gasteiger partial charge in [-0.15, -0.1) is 0 Å². The summed E-state index contributed by atoms with van der Waals surface area (Å²) in [5, 5.41) is 0.468. The number of rotatable bonds is 1. The molecule has 0 unspecified atom stereocenters. The van der Waals surface area contributed by atoms with Crippen LogP contribution >= 0.6 is 12.5 Å². The van der Waals surface area contributed by atoms with Gasteiger partial charge in [-0.1, -0.05) is 13.8 Å². The minimum Gasteiger partial charge on any atom is -0.177 e. The van der Waals surface area contributed by atoms with Gasteiger partial charge in [-0.25, -0.2) is 0 Å². The van der Waals surface area contributed by atoms with Crippen molar-refractivity contribution in [3.05, 3.63) is 0 Å². The summed E-state index contributed by atoms with van der Waals surface area (Å²) < 4.78 is 6.57. The molecular weight excluding hydrogens is 68.1 g/mol. The van der Waals surface area contributed by atoms with E-state index in [2.05, 4.69) is 0 Å². The molecule has 0 aromatic carbocycles. The predicted octanol–water partition coefficient (Wildman–Crippen LogP) is 1.32. The number of thiol groups is 1. The summed E-state index contributed by atoms with van der Waals surface area (Å²) in [5.41, 5.74) is 0. The maximum Gasteiger partial charge on any atom is 0.102 e. The summed E-state index contributed by atoms with van der Waals surface area (Å²) in [6.45, 7) is 4.00. The van der Waals surface area contributed by atoms with Gasteiger partial charge in [0, 0.05) is 0 Å². The molecule has 0 aromatic heterocycles. The summed E-state index contributed by atoms with van der Waals surface area (Å²) in [5.74, 6) is 0. The van der Waals surface area contributed by atoms with Crippen molar-refractivity contribution in [3.8, 4) is 0 Å². The van der Waals surface area contributed by atoms with Crippen LogP contribution in [0, 0.1) is 0 Å². The first kappa shape index (κ1) is 2.58. The minimum atomic E-state index is 0.468. The van der Waals surface area contributed by atoms with Gasteiger partial charge in [0.15, 0.2) is 0 Å². The maximum atomic E-state index is 6.57. The molecule has 26 valence electrons. The molecule has 0 N–H and O–H groups in total. The Balaban J connectivity index is 2.54. The fraction of sp³-hybridized carbons (Fsp3) is 1.00. The van der Waals surface area contributed by atoms with Gasteiger partial charge in [0.05, 0.1) is 0 Å². The highest BCUT2D eigenvalue weighted by Gasteiger charge is 1.69. The molecular formula is C3H8S. The van der Waals surface area contributed by atoms with E-state index in [4.69, 9.17) is 1.12 Å². The molecule has 0 radical (unpaired) electrons. The van der Waals surface area contributed by atoms with Crippen LogP contribution in [0.15, 0.2) is 0 Å². The molecule has 0 spiro atoms. The highest BCUT2D eigenvalue weighted by atomic mass is 32.1. The lowest BCUT2D eigenvalue weighted by atomic mass is 10.6. The normalized spacial score (nSPS) is 12.2. The van der Waals surface area contributed by atoms with Crippen LogP contribution < -0.4 is 0 Å². The van der Waals surface area contributed by atoms with Crippen molar-refractivity contribution >= 4 is 12.5 Å². The first-order valence-electron chi connectivity index (χ1n) is 1.80. The monoisotopic (exact) mass is 78.0 g/mol. The van der Waals surface area contributed by atoms with Gasteiger partial charge in [0.25, 0.3) is 0 Å². The van der Waals surface area contributed by atoms with Crippen molar-refractivity contribution in [2.75, 3.05) is 0 Å². The van der Waals surface area contributed by atoms with Crippen molar-refractivity contribution in [2.45, 2.75) is 19.1 Å². The molecule has 0 saturated carbocycles. The first-order chi connectivity index (χ1) is 2.27. The van der Waals surface area contributed by atoms with Crippen molar-refractivity contribution in [1.29, 1.82) is 1.12 Å². The van der Waals surface area contributed by atoms with Crippen molar-refractivity contribution in [1.82, 2.24) is 0 Å². The fourth-order valence-electron chi connectivity index (χ4n) is 0. The Labute approximate surface area is 33.7 Å². The average molecular weight is 78.2 g/mol. The van der Waals surface area contributed by atoms with E-state index in [0.29, 0.717) is 5.25 Å². The second kappa shape index (κ2) is 1.65. The highest BCUT2D eigenvalue weighted by Crippen LogP contribution is 1.83. The van der Waals surface area contributed by atoms with E-state index in [0.717, 1.165) is 12.5 Å². The van der Waals surface area contributed by atoms with E-state index in [1.807, 2.05) is 13.8 Å². The lowest BCUT2D eigenvalue weighted by Gasteiger charge is -1.78. The zero-order valence-electron chi connectivity index (χ0n) is 3.99. The number of hydrogen-bond donors (Lipinski definition) is 1. The first-order valence-corrected chi connectivity index (χ1v) is 1.86. The van der Waals surface area contributed by atoms with Crippen LogP contribution in [-0.4, -0.2) is 6.37 Å². The molecule has 0 nitrogen and oxygen atoms in total. The van der Waals surface area contributed by atoms with Crippen LogP contribution in [0.2, 0.25) is 0 Å². The Morgan fingerprint density at radius 3 is 2.25 bits per heavy atom. The van der Waals surface area contributed by atoms with E-state index in [-0.39, 0.29) is 0 Å². The van der Waals surface area contributed by atoms with Crippen molar-refractivity contribution in [2.24, 2.45) is 0 Å². The fourth-order valence-corrected chi connectivity index (χ4v) is 0. The molecule has 0 atom stereocenters. The molecule has 0 aromatic rings. The van der Waals surface area contributed by atoms with Crippen LogP contribution in [0.25, 0.3) is 0 Å². The highest BCUT2D eigenvalue weighted by molar-refractivity contribution is 7.80. The molecule has 0 amide bonds. The molecule has 0 aliphatic heterocycles. The quantitative estimate of drug-likeness (QED) is 0.449. The molecule has 4 heavy (non-hydrogen) atoms. The maximum absolute atomic E-state index is 6.57. The second-order valence-corrected chi connectivity index (χ2v) is 1.99. The summed E-state index contributed by atoms with van der Waals surface area (Å²) in [4.78, 5) is 0. The van der Waals surface area contributed by atoms with Crippen LogP contribution in [-0.2, 0) is 0 Å². The standard InChI is InChI=1S/C3H8S/c1-3(2)4/h3-4H,1-2H3/i/hT. The Morgan fingerprint density at radius 2 is 2.25 bits per heavy atom. The van der Waals surface area contributed by atoms with Gasteiger partial charge < -0.3 is 0 Å². The molecule has 0 aliphatic rings. The van der Waals surface area contributed by atoms with Crippen LogP contribution in [0.4, 0.5) is 0 Å². The lowest BCUT2D eigenvalue weighted by molar-refractivity contribution is 1.13. The Morgan fingerprint density at radius 1 is 2.00 bits per heavy atom. The van der Waals surface area contributed by atoms with Crippen molar-refractivity contribution < 1.29 is 0 Å². The summed E-state index contributed by atoms with van der Waals surface area (Å²) in [6.07, 6.45) is 0. The summed E-state index contributed by atoms with van der Waals surface area (Å²) in [6, 6.07) is 0. The second-order valence-electron chi connectivity index (χ2n) is 1.05. The van der Waals surface area contributed by atoms with Gasteiger partial charge in [0.1, 0.15) is 1.12 Å².